The first kappa shape index (κ1) is 20.8. The molecule has 5 heteroatoms. The summed E-state index contributed by atoms with van der Waals surface area (Å²) >= 11 is 0. The molecule has 0 radical (unpaired) electrons. The first-order valence-electron chi connectivity index (χ1n) is 8.17. The smallest absolute Gasteiger partial charge is 0.226 e. The third kappa shape index (κ3) is 5.98. The van der Waals surface area contributed by atoms with Gasteiger partial charge in [0.25, 0.3) is 0 Å². The van der Waals surface area contributed by atoms with E-state index in [9.17, 15) is 4.79 Å². The van der Waals surface area contributed by atoms with E-state index >= 15 is 0 Å². The molecule has 2 aromatic carbocycles. The van der Waals surface area contributed by atoms with Crippen molar-refractivity contribution in [3.63, 3.8) is 0 Å². The number of nitrogens with one attached hydrogen (secondary N) is 1. The second-order valence-corrected chi connectivity index (χ2v) is 6.62. The van der Waals surface area contributed by atoms with E-state index in [1.54, 1.807) is 7.11 Å². The predicted molar refractivity (Wildman–Crippen MR) is 105 cm³/mol. The van der Waals surface area contributed by atoms with E-state index in [4.69, 9.17) is 10.5 Å². The molecule has 0 saturated heterocycles. The Morgan fingerprint density at radius 1 is 1.12 bits per heavy atom. The van der Waals surface area contributed by atoms with Crippen molar-refractivity contribution in [1.29, 1.82) is 0 Å². The summed E-state index contributed by atoms with van der Waals surface area (Å²) in [7, 11) is 1.65. The highest BCUT2D eigenvalue weighted by molar-refractivity contribution is 5.85. The van der Waals surface area contributed by atoms with E-state index in [2.05, 4.69) is 5.32 Å². The van der Waals surface area contributed by atoms with Gasteiger partial charge in [-0.3, -0.25) is 4.79 Å². The summed E-state index contributed by atoms with van der Waals surface area (Å²) in [4.78, 5) is 12.5. The third-order valence-electron chi connectivity index (χ3n) is 4.12. The zero-order valence-corrected chi connectivity index (χ0v) is 15.9. The van der Waals surface area contributed by atoms with Gasteiger partial charge in [-0.15, -0.1) is 12.4 Å². The monoisotopic (exact) mass is 362 g/mol. The molecule has 3 N–H and O–H groups in total. The number of methoxy groups -OCH3 is 1. The van der Waals surface area contributed by atoms with Crippen molar-refractivity contribution in [2.75, 3.05) is 19.4 Å². The molecule has 25 heavy (non-hydrogen) atoms. The molecule has 136 valence electrons. The van der Waals surface area contributed by atoms with Gasteiger partial charge in [0.15, 0.2) is 0 Å². The standard InChI is InChI=1S/C20H26N2O2.ClH/c1-20(2,14-16-6-4-5-7-18(16)24-3)19(23)22-13-12-15-8-10-17(21)11-9-15;/h4-11H,12-14,21H2,1-3H3,(H,22,23);1H. The second kappa shape index (κ2) is 9.33. The molecule has 0 aromatic heterocycles. The molecule has 0 aliphatic heterocycles. The van der Waals surface area contributed by atoms with Gasteiger partial charge >= 0.3 is 0 Å². The Hall–Kier alpha value is -2.20. The second-order valence-electron chi connectivity index (χ2n) is 6.62. The first-order valence-corrected chi connectivity index (χ1v) is 8.17. The van der Waals surface area contributed by atoms with E-state index in [0.29, 0.717) is 13.0 Å². The van der Waals surface area contributed by atoms with E-state index in [-0.39, 0.29) is 18.3 Å². The summed E-state index contributed by atoms with van der Waals surface area (Å²) in [6.45, 7) is 4.52. The highest BCUT2D eigenvalue weighted by Crippen LogP contribution is 2.27. The lowest BCUT2D eigenvalue weighted by molar-refractivity contribution is -0.129. The SMILES string of the molecule is COc1ccccc1CC(C)(C)C(=O)NCCc1ccc(N)cc1.Cl. The third-order valence-corrected chi connectivity index (χ3v) is 4.12. The van der Waals surface area contributed by atoms with Crippen molar-refractivity contribution in [3.05, 3.63) is 59.7 Å². The minimum absolute atomic E-state index is 0. The Labute approximate surface area is 156 Å². The van der Waals surface area contributed by atoms with Crippen LogP contribution in [0, 0.1) is 5.41 Å². The fraction of sp³-hybridized carbons (Fsp3) is 0.350. The van der Waals surface area contributed by atoms with Crippen molar-refractivity contribution < 1.29 is 9.53 Å². The number of ether oxygens (including phenoxy) is 1. The molecule has 4 nitrogen and oxygen atoms in total. The molecule has 0 aliphatic carbocycles. The number of hydrogen-bond donors (Lipinski definition) is 2. The number of nitrogen functional groups attached to an aromatic ring is 1. The zero-order valence-electron chi connectivity index (χ0n) is 15.0. The number of carbonyl (C=O) groups is 1. The van der Waals surface area contributed by atoms with Crippen LogP contribution in [0.4, 0.5) is 5.69 Å². The molecule has 0 bridgehead atoms. The van der Waals surface area contributed by atoms with E-state index in [1.165, 1.54) is 0 Å². The highest BCUT2D eigenvalue weighted by atomic mass is 35.5. The maximum absolute atomic E-state index is 12.5. The molecule has 1 amide bonds. The Balaban J connectivity index is 0.00000312. The van der Waals surface area contributed by atoms with Gasteiger partial charge in [0.05, 0.1) is 7.11 Å². The maximum Gasteiger partial charge on any atom is 0.226 e. The van der Waals surface area contributed by atoms with Gasteiger partial charge in [0.1, 0.15) is 5.75 Å². The molecule has 0 unspecified atom stereocenters. The van der Waals surface area contributed by atoms with Gasteiger partial charge in [-0.25, -0.2) is 0 Å². The minimum atomic E-state index is -0.504. The molecule has 0 fully saturated rings. The Morgan fingerprint density at radius 2 is 1.76 bits per heavy atom. The van der Waals surface area contributed by atoms with E-state index in [1.807, 2.05) is 62.4 Å². The number of benzene rings is 2. The van der Waals surface area contributed by atoms with Crippen molar-refractivity contribution in [3.8, 4) is 5.75 Å². The van der Waals surface area contributed by atoms with Crippen molar-refractivity contribution in [2.45, 2.75) is 26.7 Å². The molecule has 0 aliphatic rings. The van der Waals surface area contributed by atoms with Crippen LogP contribution in [0.2, 0.25) is 0 Å². The number of rotatable bonds is 7. The van der Waals surface area contributed by atoms with Crippen molar-refractivity contribution in [2.24, 2.45) is 5.41 Å². The van der Waals surface area contributed by atoms with Crippen LogP contribution in [-0.4, -0.2) is 19.6 Å². The summed E-state index contributed by atoms with van der Waals surface area (Å²) in [6.07, 6.45) is 1.42. The zero-order chi connectivity index (χ0) is 17.6. The lowest BCUT2D eigenvalue weighted by Gasteiger charge is -2.24. The van der Waals surface area contributed by atoms with Crippen LogP contribution < -0.4 is 15.8 Å². The lowest BCUT2D eigenvalue weighted by atomic mass is 9.84. The van der Waals surface area contributed by atoms with Crippen LogP contribution in [0.25, 0.3) is 0 Å². The average molecular weight is 363 g/mol. The van der Waals surface area contributed by atoms with Gasteiger partial charge in [0, 0.05) is 17.6 Å². The van der Waals surface area contributed by atoms with Gasteiger partial charge in [-0.05, 0) is 42.2 Å². The minimum Gasteiger partial charge on any atom is -0.496 e. The molecular formula is C20H27ClN2O2. The number of anilines is 1. The topological polar surface area (TPSA) is 64.3 Å². The van der Waals surface area contributed by atoms with Gasteiger partial charge in [-0.1, -0.05) is 44.2 Å². The number of hydrogen-bond acceptors (Lipinski definition) is 3. The molecule has 0 heterocycles. The fourth-order valence-electron chi connectivity index (χ4n) is 2.65. The Bertz CT molecular complexity index is 684. The van der Waals surface area contributed by atoms with E-state index in [0.717, 1.165) is 29.0 Å². The molecule has 0 spiro atoms. The normalized spacial score (nSPS) is 10.7. The lowest BCUT2D eigenvalue weighted by Crippen LogP contribution is -2.39. The van der Waals surface area contributed by atoms with Crippen LogP contribution in [0.3, 0.4) is 0 Å². The van der Waals surface area contributed by atoms with Crippen LogP contribution in [0.15, 0.2) is 48.5 Å². The summed E-state index contributed by atoms with van der Waals surface area (Å²) < 4.78 is 5.38. The average Bonchev–Trinajstić information content (AvgIpc) is 2.56. The fourth-order valence-corrected chi connectivity index (χ4v) is 2.65. The van der Waals surface area contributed by atoms with Gasteiger partial charge < -0.3 is 15.8 Å². The van der Waals surface area contributed by atoms with Crippen LogP contribution in [0.1, 0.15) is 25.0 Å². The van der Waals surface area contributed by atoms with Gasteiger partial charge in [-0.2, -0.15) is 0 Å². The summed E-state index contributed by atoms with van der Waals surface area (Å²) in [5.41, 5.74) is 8.12. The Kier molecular flexibility index (Phi) is 7.78. The number of halogens is 1. The molecule has 2 aromatic rings. The van der Waals surface area contributed by atoms with Gasteiger partial charge in [0.2, 0.25) is 5.91 Å². The molecule has 0 atom stereocenters. The Morgan fingerprint density at radius 3 is 2.40 bits per heavy atom. The number of para-hydroxylation sites is 1. The maximum atomic E-state index is 12.5. The van der Waals surface area contributed by atoms with Crippen LogP contribution in [0.5, 0.6) is 5.75 Å². The number of carbonyl (C=O) groups excluding carboxylic acids is 1. The van der Waals surface area contributed by atoms with E-state index < -0.39 is 5.41 Å². The van der Waals surface area contributed by atoms with Crippen molar-refractivity contribution in [1.82, 2.24) is 5.32 Å². The first-order chi connectivity index (χ1) is 11.4. The quantitative estimate of drug-likeness (QED) is 0.739. The van der Waals surface area contributed by atoms with Crippen LogP contribution >= 0.6 is 12.4 Å². The molecule has 2 rings (SSSR count). The molecular weight excluding hydrogens is 336 g/mol. The summed E-state index contributed by atoms with van der Waals surface area (Å²) in [5.74, 6) is 0.865. The van der Waals surface area contributed by atoms with Crippen molar-refractivity contribution >= 4 is 24.0 Å². The van der Waals surface area contributed by atoms with Crippen LogP contribution in [-0.2, 0) is 17.6 Å². The highest BCUT2D eigenvalue weighted by Gasteiger charge is 2.28. The number of nitrogens with two attached hydrogens (primary N) is 1. The summed E-state index contributed by atoms with van der Waals surface area (Å²) in [5, 5.41) is 3.03. The predicted octanol–water partition coefficient (Wildman–Crippen LogP) is 3.63. The molecule has 0 saturated carbocycles. The number of amides is 1. The largest absolute Gasteiger partial charge is 0.496 e. The summed E-state index contributed by atoms with van der Waals surface area (Å²) in [6, 6.07) is 15.6.